The molecule has 0 spiro atoms. The predicted molar refractivity (Wildman–Crippen MR) is 322 cm³/mol. The molecule has 446 valence electrons. The van der Waals surface area contributed by atoms with Crippen molar-refractivity contribution in [2.45, 2.75) is 315 Å². The average molecular weight is 1080 g/mol. The summed E-state index contributed by atoms with van der Waals surface area (Å²) >= 11 is 0. The van der Waals surface area contributed by atoms with Crippen LogP contribution in [-0.4, -0.2) is 92.0 Å². The summed E-state index contributed by atoms with van der Waals surface area (Å²) in [5, 5.41) is 17.0. The molecule has 11 nitrogen and oxygen atoms in total. The van der Waals surface area contributed by atoms with Crippen molar-refractivity contribution in [3.8, 4) is 0 Å². The van der Waals surface area contributed by atoms with Gasteiger partial charge in [-0.2, -0.15) is 0 Å². The van der Waals surface area contributed by atoms with E-state index < -0.39 is 5.97 Å². The maximum absolute atomic E-state index is 12.9. The SMILES string of the molecule is CCCCCCCCCCCCCCCCCCCC1(CCCCCCCCCCCCCCCCC)OCC(CCN(C)CCCCCCC(=O)c2ccc(C(=O)NCCCCCNC(=O)NCCCC(=O)O)cc2)O1. The number of benzene rings is 1. The summed E-state index contributed by atoms with van der Waals surface area (Å²) in [6.07, 6.45) is 55.1. The van der Waals surface area contributed by atoms with Crippen molar-refractivity contribution in [1.29, 1.82) is 0 Å². The smallest absolute Gasteiger partial charge is 0.314 e. The van der Waals surface area contributed by atoms with Crippen molar-refractivity contribution in [3.05, 3.63) is 35.4 Å². The number of unbranched alkanes of at least 4 members (excludes halogenated alkanes) is 35. The zero-order chi connectivity index (χ0) is 55.5. The van der Waals surface area contributed by atoms with Crippen LogP contribution >= 0.6 is 0 Å². The summed E-state index contributed by atoms with van der Waals surface area (Å²) in [7, 11) is 2.23. The second-order valence-corrected chi connectivity index (χ2v) is 23.3. The van der Waals surface area contributed by atoms with Gasteiger partial charge in [0, 0.05) is 63.0 Å². The highest BCUT2D eigenvalue weighted by atomic mass is 16.7. The zero-order valence-corrected chi connectivity index (χ0v) is 50.3. The first-order chi connectivity index (χ1) is 37.7. The molecule has 1 aliphatic heterocycles. The van der Waals surface area contributed by atoms with Crippen LogP contribution < -0.4 is 16.0 Å². The number of carboxylic acid groups (broad SMARTS) is 1. The van der Waals surface area contributed by atoms with Crippen molar-refractivity contribution >= 4 is 23.7 Å². The predicted octanol–water partition coefficient (Wildman–Crippen LogP) is 17.6. The molecule has 1 aromatic rings. The van der Waals surface area contributed by atoms with Crippen LogP contribution in [0.15, 0.2) is 24.3 Å². The second kappa shape index (κ2) is 50.0. The monoisotopic (exact) mass is 1080 g/mol. The zero-order valence-electron chi connectivity index (χ0n) is 50.3. The molecule has 1 aliphatic rings. The number of rotatable bonds is 56. The lowest BCUT2D eigenvalue weighted by Gasteiger charge is -2.29. The number of hydrogen-bond acceptors (Lipinski definition) is 7. The van der Waals surface area contributed by atoms with Crippen molar-refractivity contribution in [2.24, 2.45) is 0 Å². The Kier molecular flexibility index (Phi) is 45.5. The molecule has 0 radical (unpaired) electrons. The Morgan fingerprint density at radius 2 is 0.870 bits per heavy atom. The Hall–Kier alpha value is -3.02. The van der Waals surface area contributed by atoms with E-state index >= 15 is 0 Å². The lowest BCUT2D eigenvalue weighted by atomic mass is 9.98. The molecule has 0 saturated carbocycles. The second-order valence-electron chi connectivity index (χ2n) is 23.3. The van der Waals surface area contributed by atoms with Gasteiger partial charge in [0.05, 0.1) is 12.7 Å². The van der Waals surface area contributed by atoms with Crippen LogP contribution in [-0.2, 0) is 14.3 Å². The summed E-state index contributed by atoms with van der Waals surface area (Å²) in [4.78, 5) is 50.3. The molecule has 2 atom stereocenters. The molecule has 0 bridgehead atoms. The summed E-state index contributed by atoms with van der Waals surface area (Å²) < 4.78 is 13.6. The Balaban J connectivity index is 1.60. The summed E-state index contributed by atoms with van der Waals surface area (Å²) in [6.45, 7) is 8.74. The summed E-state index contributed by atoms with van der Waals surface area (Å²) in [5.41, 5.74) is 1.19. The van der Waals surface area contributed by atoms with Gasteiger partial charge in [-0.3, -0.25) is 14.4 Å². The summed E-state index contributed by atoms with van der Waals surface area (Å²) in [6, 6.07) is 6.68. The van der Waals surface area contributed by atoms with E-state index in [0.29, 0.717) is 43.6 Å². The van der Waals surface area contributed by atoms with E-state index in [1.807, 2.05) is 0 Å². The topological polar surface area (TPSA) is 146 Å². The Bertz CT molecular complexity index is 1560. The van der Waals surface area contributed by atoms with Crippen LogP contribution in [0.2, 0.25) is 0 Å². The van der Waals surface area contributed by atoms with Gasteiger partial charge in [0.15, 0.2) is 11.6 Å². The van der Waals surface area contributed by atoms with E-state index in [9.17, 15) is 19.2 Å². The molecule has 1 heterocycles. The quantitative estimate of drug-likeness (QED) is 0.0373. The average Bonchev–Trinajstić information content (AvgIpc) is 3.85. The summed E-state index contributed by atoms with van der Waals surface area (Å²) in [5.74, 6) is -1.30. The number of ether oxygens (including phenoxy) is 2. The molecule has 0 aliphatic carbocycles. The lowest BCUT2D eigenvalue weighted by Crippen LogP contribution is -2.36. The fourth-order valence-corrected chi connectivity index (χ4v) is 10.9. The van der Waals surface area contributed by atoms with Crippen LogP contribution in [0.3, 0.4) is 0 Å². The van der Waals surface area contributed by atoms with Crippen LogP contribution in [0.1, 0.15) is 324 Å². The van der Waals surface area contributed by atoms with Crippen molar-refractivity contribution in [3.63, 3.8) is 0 Å². The van der Waals surface area contributed by atoms with Crippen LogP contribution in [0.5, 0.6) is 0 Å². The molecule has 2 rings (SSSR count). The highest BCUT2D eigenvalue weighted by Crippen LogP contribution is 2.36. The molecule has 11 heteroatoms. The van der Waals surface area contributed by atoms with Gasteiger partial charge in [-0.1, -0.05) is 231 Å². The molecule has 77 heavy (non-hydrogen) atoms. The van der Waals surface area contributed by atoms with Gasteiger partial charge in [-0.25, -0.2) is 4.79 Å². The normalized spacial score (nSPS) is 15.4. The van der Waals surface area contributed by atoms with Gasteiger partial charge in [0.25, 0.3) is 5.91 Å². The van der Waals surface area contributed by atoms with Gasteiger partial charge in [-0.15, -0.1) is 0 Å². The number of carboxylic acids is 1. The number of aliphatic carboxylic acids is 1. The lowest BCUT2D eigenvalue weighted by molar-refractivity contribution is -0.180. The van der Waals surface area contributed by atoms with E-state index in [4.69, 9.17) is 14.6 Å². The van der Waals surface area contributed by atoms with Gasteiger partial charge in [0.2, 0.25) is 0 Å². The number of ketones is 1. The third-order valence-corrected chi connectivity index (χ3v) is 16.0. The number of carbonyl (C=O) groups is 4. The van der Waals surface area contributed by atoms with E-state index in [-0.39, 0.29) is 36.0 Å². The molecule has 3 amide bonds. The van der Waals surface area contributed by atoms with Gasteiger partial charge in [0.1, 0.15) is 0 Å². The number of nitrogens with one attached hydrogen (secondary N) is 3. The van der Waals surface area contributed by atoms with Crippen molar-refractivity contribution < 1.29 is 33.8 Å². The number of nitrogens with zero attached hydrogens (tertiary/aromatic N) is 1. The Labute approximate surface area is 472 Å². The minimum Gasteiger partial charge on any atom is -0.481 e. The minimum atomic E-state index is -0.875. The Morgan fingerprint density at radius 3 is 1.34 bits per heavy atom. The third kappa shape index (κ3) is 40.8. The highest BCUT2D eigenvalue weighted by Gasteiger charge is 2.40. The standard InChI is InChI=1S/C66H120N4O7/c1-4-6-8-10-12-14-16-18-20-21-23-25-27-29-31-34-39-52-66(51-38-33-30-28-26-24-22-19-17-15-13-11-9-7-5-2)76-58-61(77-66)50-57-70(3)56-42-35-32-37-44-62(71)59-46-48-60(49-47-59)64(74)67-53-40-36-41-54-68-65(75)69-55-43-45-63(72)73/h46-49,61H,4-45,50-58H2,1-3H3,(H,67,74)(H,72,73)(H2,68,69,75). The highest BCUT2D eigenvalue weighted by molar-refractivity contribution is 5.98. The fraction of sp³-hybridized carbons (Fsp3) is 0.848. The minimum absolute atomic E-state index is 0.0299. The van der Waals surface area contributed by atoms with Gasteiger partial charge in [-0.05, 0) is 83.5 Å². The van der Waals surface area contributed by atoms with Gasteiger partial charge >= 0.3 is 12.0 Å². The first kappa shape index (κ1) is 70.1. The Morgan fingerprint density at radius 1 is 0.481 bits per heavy atom. The first-order valence-electron chi connectivity index (χ1n) is 32.8. The molecule has 4 N–H and O–H groups in total. The maximum Gasteiger partial charge on any atom is 0.314 e. The number of urea groups is 1. The molecular weight excluding hydrogens is 961 g/mol. The number of hydrogen-bond donors (Lipinski definition) is 4. The number of carbonyl (C=O) groups excluding carboxylic acids is 3. The largest absolute Gasteiger partial charge is 0.481 e. The molecule has 1 aromatic carbocycles. The van der Waals surface area contributed by atoms with Gasteiger partial charge < -0.3 is 35.4 Å². The first-order valence-corrected chi connectivity index (χ1v) is 32.8. The van der Waals surface area contributed by atoms with E-state index in [0.717, 1.165) is 83.9 Å². The van der Waals surface area contributed by atoms with E-state index in [2.05, 4.69) is 41.7 Å². The third-order valence-electron chi connectivity index (χ3n) is 16.0. The molecule has 1 saturated heterocycles. The van der Waals surface area contributed by atoms with Crippen LogP contribution in [0, 0.1) is 0 Å². The molecular formula is C66H120N4O7. The van der Waals surface area contributed by atoms with E-state index in [1.54, 1.807) is 24.3 Å². The van der Waals surface area contributed by atoms with Crippen molar-refractivity contribution in [1.82, 2.24) is 20.9 Å². The fourth-order valence-electron chi connectivity index (χ4n) is 10.9. The van der Waals surface area contributed by atoms with Crippen LogP contribution in [0.4, 0.5) is 4.79 Å². The molecule has 1 fully saturated rings. The van der Waals surface area contributed by atoms with E-state index in [1.165, 1.54) is 205 Å². The number of amides is 3. The molecule has 0 aromatic heterocycles. The number of Topliss-reactive ketones (excluding diaryl/α,β-unsaturated/α-hetero) is 1. The maximum atomic E-state index is 12.9. The van der Waals surface area contributed by atoms with Crippen molar-refractivity contribution in [2.75, 3.05) is 46.4 Å². The van der Waals surface area contributed by atoms with Crippen LogP contribution in [0.25, 0.3) is 0 Å². The molecule has 2 unspecified atom stereocenters.